The zero-order valence-corrected chi connectivity index (χ0v) is 8.14. The molecule has 1 N–H and O–H groups in total. The number of hydrogen-bond donors (Lipinski definition) is 1. The van der Waals surface area contributed by atoms with Crippen molar-refractivity contribution in [1.82, 2.24) is 0 Å². The first-order valence-electron chi connectivity index (χ1n) is 4.14. The van der Waals surface area contributed by atoms with Crippen molar-refractivity contribution < 1.29 is 9.84 Å². The highest BCUT2D eigenvalue weighted by molar-refractivity contribution is 5.49. The molecule has 0 aromatic heterocycles. The highest BCUT2D eigenvalue weighted by Crippen LogP contribution is 2.21. The van der Waals surface area contributed by atoms with Crippen molar-refractivity contribution in [3.8, 4) is 23.3 Å². The number of azide groups is 1. The van der Waals surface area contributed by atoms with Gasteiger partial charge < -0.3 is 9.84 Å². The number of ether oxygens (including phenoxy) is 1. The maximum Gasteiger partial charge on any atom is 0.134 e. The first-order chi connectivity index (χ1) is 7.27. The van der Waals surface area contributed by atoms with Crippen LogP contribution < -0.4 is 4.74 Å². The third kappa shape index (κ3) is 3.14. The Hall–Kier alpha value is -2.31. The Morgan fingerprint density at radius 3 is 3.07 bits per heavy atom. The van der Waals surface area contributed by atoms with Crippen LogP contribution in [-0.2, 0) is 0 Å². The summed E-state index contributed by atoms with van der Waals surface area (Å²) in [7, 11) is 1.52. The molecular weight excluding hydrogens is 194 g/mol. The molecule has 0 aliphatic carbocycles. The van der Waals surface area contributed by atoms with Crippen LogP contribution >= 0.6 is 0 Å². The molecule has 0 aliphatic rings. The highest BCUT2D eigenvalue weighted by Gasteiger charge is 1.99. The van der Waals surface area contributed by atoms with E-state index in [1.54, 1.807) is 6.07 Å². The zero-order chi connectivity index (χ0) is 11.1. The van der Waals surface area contributed by atoms with Gasteiger partial charge in [0, 0.05) is 4.91 Å². The van der Waals surface area contributed by atoms with Gasteiger partial charge in [0.1, 0.15) is 11.5 Å². The second-order valence-electron chi connectivity index (χ2n) is 2.58. The molecule has 0 atom stereocenters. The second kappa shape index (κ2) is 5.43. The SMILES string of the molecule is COc1ccc(O)cc1C#CCN=[N+]=[N-]. The van der Waals surface area contributed by atoms with Crippen LogP contribution in [0, 0.1) is 11.8 Å². The molecule has 0 fully saturated rings. The Bertz CT molecular complexity index is 453. The minimum absolute atomic E-state index is 0.0926. The third-order valence-corrected chi connectivity index (χ3v) is 1.62. The van der Waals surface area contributed by atoms with Gasteiger partial charge in [0.25, 0.3) is 0 Å². The zero-order valence-electron chi connectivity index (χ0n) is 8.14. The predicted octanol–water partition coefficient (Wildman–Crippen LogP) is 2.06. The molecule has 1 rings (SSSR count). The largest absolute Gasteiger partial charge is 0.508 e. The number of hydrogen-bond acceptors (Lipinski definition) is 3. The summed E-state index contributed by atoms with van der Waals surface area (Å²) in [6, 6.07) is 4.62. The molecular formula is C10H9N3O2. The van der Waals surface area contributed by atoms with Gasteiger partial charge in [-0.1, -0.05) is 17.0 Å². The molecule has 0 heterocycles. The average molecular weight is 203 g/mol. The van der Waals surface area contributed by atoms with E-state index >= 15 is 0 Å². The molecule has 5 nitrogen and oxygen atoms in total. The van der Waals surface area contributed by atoms with Crippen LogP contribution in [0.3, 0.4) is 0 Å². The summed E-state index contributed by atoms with van der Waals surface area (Å²) in [5, 5.41) is 12.5. The summed E-state index contributed by atoms with van der Waals surface area (Å²) < 4.78 is 5.04. The molecule has 76 valence electrons. The quantitative estimate of drug-likeness (QED) is 0.345. The lowest BCUT2D eigenvalue weighted by Gasteiger charge is -2.02. The Kier molecular flexibility index (Phi) is 3.90. The molecule has 5 heteroatoms. The molecule has 1 aromatic rings. The monoisotopic (exact) mass is 203 g/mol. The summed E-state index contributed by atoms with van der Waals surface area (Å²) in [6.45, 7) is 0.0926. The van der Waals surface area contributed by atoms with Gasteiger partial charge in [-0.15, -0.1) is 0 Å². The molecule has 1 aromatic carbocycles. The second-order valence-corrected chi connectivity index (χ2v) is 2.58. The predicted molar refractivity (Wildman–Crippen MR) is 55.5 cm³/mol. The fraction of sp³-hybridized carbons (Fsp3) is 0.200. The molecule has 0 bridgehead atoms. The molecule has 0 amide bonds. The summed E-state index contributed by atoms with van der Waals surface area (Å²) in [5.74, 6) is 6.07. The van der Waals surface area contributed by atoms with E-state index in [4.69, 9.17) is 10.3 Å². The van der Waals surface area contributed by atoms with Crippen molar-refractivity contribution in [3.63, 3.8) is 0 Å². The van der Waals surface area contributed by atoms with E-state index in [-0.39, 0.29) is 12.3 Å². The van der Waals surface area contributed by atoms with Gasteiger partial charge in [-0.2, -0.15) is 0 Å². The maximum atomic E-state index is 9.23. The van der Waals surface area contributed by atoms with E-state index in [9.17, 15) is 5.11 Å². The lowest BCUT2D eigenvalue weighted by atomic mass is 10.2. The van der Waals surface area contributed by atoms with Crippen LogP contribution in [0.1, 0.15) is 5.56 Å². The van der Waals surface area contributed by atoms with Gasteiger partial charge in [-0.05, 0) is 23.7 Å². The van der Waals surface area contributed by atoms with Gasteiger partial charge in [0.2, 0.25) is 0 Å². The summed E-state index contributed by atoms with van der Waals surface area (Å²) in [4.78, 5) is 2.57. The number of phenols is 1. The Labute approximate surface area is 86.9 Å². The number of rotatable bonds is 2. The molecule has 0 saturated carbocycles. The van der Waals surface area contributed by atoms with Crippen LogP contribution in [0.5, 0.6) is 11.5 Å². The molecule has 0 unspecified atom stereocenters. The van der Waals surface area contributed by atoms with E-state index in [2.05, 4.69) is 21.9 Å². The number of phenolic OH excluding ortho intramolecular Hbond substituents is 1. The van der Waals surface area contributed by atoms with E-state index in [0.29, 0.717) is 11.3 Å². The van der Waals surface area contributed by atoms with E-state index < -0.39 is 0 Å². The maximum absolute atomic E-state index is 9.23. The number of methoxy groups -OCH3 is 1. The Morgan fingerprint density at radius 2 is 2.40 bits per heavy atom. The minimum Gasteiger partial charge on any atom is -0.508 e. The standard InChI is InChI=1S/C10H9N3O2/c1-15-10-5-4-9(14)7-8(10)3-2-6-12-13-11/h4-5,7,14H,6H2,1H3. The van der Waals surface area contributed by atoms with Crippen LogP contribution in [-0.4, -0.2) is 18.8 Å². The van der Waals surface area contributed by atoms with Gasteiger partial charge in [-0.3, -0.25) is 0 Å². The highest BCUT2D eigenvalue weighted by atomic mass is 16.5. The van der Waals surface area contributed by atoms with Gasteiger partial charge in [0.05, 0.1) is 19.2 Å². The van der Waals surface area contributed by atoms with Crippen LogP contribution in [0.15, 0.2) is 23.3 Å². The normalized spacial score (nSPS) is 8.33. The van der Waals surface area contributed by atoms with Gasteiger partial charge in [-0.25, -0.2) is 0 Å². The number of aromatic hydroxyl groups is 1. The van der Waals surface area contributed by atoms with Crippen molar-refractivity contribution in [2.45, 2.75) is 0 Å². The third-order valence-electron chi connectivity index (χ3n) is 1.62. The summed E-state index contributed by atoms with van der Waals surface area (Å²) in [6.07, 6.45) is 0. The summed E-state index contributed by atoms with van der Waals surface area (Å²) >= 11 is 0. The van der Waals surface area contributed by atoms with Gasteiger partial charge in [0.15, 0.2) is 0 Å². The topological polar surface area (TPSA) is 78.2 Å². The van der Waals surface area contributed by atoms with E-state index in [1.165, 1.54) is 19.2 Å². The van der Waals surface area contributed by atoms with Gasteiger partial charge >= 0.3 is 0 Å². The summed E-state index contributed by atoms with van der Waals surface area (Å²) in [5.41, 5.74) is 8.59. The number of benzene rings is 1. The molecule has 0 aliphatic heterocycles. The first-order valence-corrected chi connectivity index (χ1v) is 4.14. The Balaban J connectivity index is 2.94. The lowest BCUT2D eigenvalue weighted by molar-refractivity contribution is 0.411. The van der Waals surface area contributed by atoms with E-state index in [1.807, 2.05) is 0 Å². The molecule has 0 saturated heterocycles. The van der Waals surface area contributed by atoms with E-state index in [0.717, 1.165) is 0 Å². The fourth-order valence-electron chi connectivity index (χ4n) is 0.995. The van der Waals surface area contributed by atoms with Crippen molar-refractivity contribution in [3.05, 3.63) is 34.2 Å². The molecule has 15 heavy (non-hydrogen) atoms. The van der Waals surface area contributed by atoms with Crippen molar-refractivity contribution in [2.24, 2.45) is 5.11 Å². The smallest absolute Gasteiger partial charge is 0.134 e. The first kappa shape index (κ1) is 10.8. The number of nitrogens with zero attached hydrogens (tertiary/aromatic N) is 3. The minimum atomic E-state index is 0.0926. The van der Waals surface area contributed by atoms with Crippen molar-refractivity contribution in [1.29, 1.82) is 0 Å². The van der Waals surface area contributed by atoms with Crippen LogP contribution in [0.25, 0.3) is 10.4 Å². The fourth-order valence-corrected chi connectivity index (χ4v) is 0.995. The average Bonchev–Trinajstić information content (AvgIpc) is 2.25. The van der Waals surface area contributed by atoms with Crippen LogP contribution in [0.4, 0.5) is 0 Å². The molecule has 0 spiro atoms. The lowest BCUT2D eigenvalue weighted by Crippen LogP contribution is -1.87. The van der Waals surface area contributed by atoms with Crippen molar-refractivity contribution in [2.75, 3.05) is 13.7 Å². The molecule has 0 radical (unpaired) electrons. The van der Waals surface area contributed by atoms with Crippen molar-refractivity contribution >= 4 is 0 Å². The Morgan fingerprint density at radius 1 is 1.60 bits per heavy atom. The van der Waals surface area contributed by atoms with Crippen LogP contribution in [0.2, 0.25) is 0 Å².